The molecule has 5 heteroatoms. The standard InChI is InChI=1S/C24H48O4S/c1-3-5-7-9-11-13-14-16-18-20-22-24(23-28-29(25,26)27)21-19-17-15-12-10-8-6-4-2/h20,22,24H,3-19,21,23H2,1-2H3,(H,25,26,27)/b22-20+. The number of allylic oxidation sites excluding steroid dienone is 1. The molecular weight excluding hydrogens is 384 g/mol. The summed E-state index contributed by atoms with van der Waals surface area (Å²) in [6.07, 6.45) is 26.8. The first-order valence-corrected chi connectivity index (χ1v) is 13.6. The maximum Gasteiger partial charge on any atom is 0.397 e. The second kappa shape index (κ2) is 20.9. The van der Waals surface area contributed by atoms with Crippen LogP contribution in [0.5, 0.6) is 0 Å². The van der Waals surface area contributed by atoms with Gasteiger partial charge in [-0.25, -0.2) is 4.18 Å². The van der Waals surface area contributed by atoms with Crippen LogP contribution in [0.15, 0.2) is 12.2 Å². The van der Waals surface area contributed by atoms with Crippen LogP contribution < -0.4 is 0 Å². The van der Waals surface area contributed by atoms with Crippen LogP contribution in [0.1, 0.15) is 129 Å². The van der Waals surface area contributed by atoms with Crippen molar-refractivity contribution >= 4 is 10.4 Å². The molecule has 174 valence electrons. The molecule has 1 unspecified atom stereocenters. The van der Waals surface area contributed by atoms with E-state index in [0.29, 0.717) is 0 Å². The third-order valence-corrected chi connectivity index (χ3v) is 5.93. The topological polar surface area (TPSA) is 63.6 Å². The Morgan fingerprint density at radius 2 is 1.17 bits per heavy atom. The molecule has 0 aliphatic rings. The van der Waals surface area contributed by atoms with Gasteiger partial charge in [0.05, 0.1) is 6.61 Å². The average Bonchev–Trinajstić information content (AvgIpc) is 2.68. The molecule has 0 heterocycles. The summed E-state index contributed by atoms with van der Waals surface area (Å²) in [6.45, 7) is 4.52. The molecule has 0 aromatic rings. The molecule has 0 aromatic heterocycles. The van der Waals surface area contributed by atoms with E-state index in [9.17, 15) is 8.42 Å². The van der Waals surface area contributed by atoms with Crippen molar-refractivity contribution in [3.05, 3.63) is 12.2 Å². The van der Waals surface area contributed by atoms with Crippen LogP contribution in [0, 0.1) is 5.92 Å². The summed E-state index contributed by atoms with van der Waals surface area (Å²) in [5.74, 6) is 0.0612. The lowest BCUT2D eigenvalue weighted by atomic mass is 9.99. The van der Waals surface area contributed by atoms with Crippen LogP contribution in [0.4, 0.5) is 0 Å². The molecule has 0 radical (unpaired) electrons. The van der Waals surface area contributed by atoms with Gasteiger partial charge in [0.25, 0.3) is 0 Å². The summed E-state index contributed by atoms with van der Waals surface area (Å²) in [4.78, 5) is 0. The second-order valence-corrected chi connectivity index (χ2v) is 9.52. The van der Waals surface area contributed by atoms with Crippen LogP contribution >= 0.6 is 0 Å². The van der Waals surface area contributed by atoms with E-state index >= 15 is 0 Å². The van der Waals surface area contributed by atoms with Crippen LogP contribution in [-0.2, 0) is 14.6 Å². The van der Waals surface area contributed by atoms with Crippen LogP contribution in [0.2, 0.25) is 0 Å². The Labute approximate surface area is 181 Å². The summed E-state index contributed by atoms with van der Waals surface area (Å²) in [5, 5.41) is 0. The molecule has 29 heavy (non-hydrogen) atoms. The third kappa shape index (κ3) is 23.8. The van der Waals surface area contributed by atoms with Gasteiger partial charge in [0.2, 0.25) is 0 Å². The average molecular weight is 433 g/mol. The molecule has 0 aromatic carbocycles. The highest BCUT2D eigenvalue weighted by Crippen LogP contribution is 2.16. The van der Waals surface area contributed by atoms with Gasteiger partial charge in [-0.3, -0.25) is 4.55 Å². The number of unbranched alkanes of at least 4 members (excludes halogenated alkanes) is 15. The van der Waals surface area contributed by atoms with Crippen molar-refractivity contribution in [2.24, 2.45) is 5.92 Å². The van der Waals surface area contributed by atoms with Gasteiger partial charge in [-0.2, -0.15) is 8.42 Å². The van der Waals surface area contributed by atoms with Gasteiger partial charge in [-0.05, 0) is 19.3 Å². The predicted molar refractivity (Wildman–Crippen MR) is 125 cm³/mol. The number of hydrogen-bond donors (Lipinski definition) is 1. The van der Waals surface area contributed by atoms with E-state index in [-0.39, 0.29) is 12.5 Å². The fourth-order valence-electron chi connectivity index (χ4n) is 3.63. The van der Waals surface area contributed by atoms with Gasteiger partial charge < -0.3 is 0 Å². The van der Waals surface area contributed by atoms with Gasteiger partial charge in [0.1, 0.15) is 0 Å². The minimum absolute atomic E-state index is 0.0449. The molecule has 0 fully saturated rings. The molecule has 0 saturated carbocycles. The zero-order valence-electron chi connectivity index (χ0n) is 19.2. The zero-order chi connectivity index (χ0) is 21.6. The summed E-state index contributed by atoms with van der Waals surface area (Å²) >= 11 is 0. The van der Waals surface area contributed by atoms with Crippen LogP contribution in [0.3, 0.4) is 0 Å². The van der Waals surface area contributed by atoms with Crippen LogP contribution in [-0.4, -0.2) is 19.6 Å². The van der Waals surface area contributed by atoms with Gasteiger partial charge in [0.15, 0.2) is 0 Å². The maximum absolute atomic E-state index is 10.9. The molecule has 0 bridgehead atoms. The summed E-state index contributed by atoms with van der Waals surface area (Å²) in [7, 11) is -4.35. The molecule has 1 atom stereocenters. The normalized spacial score (nSPS) is 13.3. The fraction of sp³-hybridized carbons (Fsp3) is 0.917. The van der Waals surface area contributed by atoms with Crippen molar-refractivity contribution < 1.29 is 17.2 Å². The predicted octanol–water partition coefficient (Wildman–Crippen LogP) is 8.04. The second-order valence-electron chi connectivity index (χ2n) is 8.43. The van der Waals surface area contributed by atoms with E-state index in [1.807, 2.05) is 0 Å². The van der Waals surface area contributed by atoms with Gasteiger partial charge in [0, 0.05) is 5.92 Å². The minimum atomic E-state index is -4.35. The smallest absolute Gasteiger partial charge is 0.264 e. The molecule has 4 nitrogen and oxygen atoms in total. The third-order valence-electron chi connectivity index (χ3n) is 5.49. The Hall–Kier alpha value is -0.390. The largest absolute Gasteiger partial charge is 0.397 e. The van der Waals surface area contributed by atoms with E-state index in [0.717, 1.165) is 19.3 Å². The minimum Gasteiger partial charge on any atom is -0.264 e. The summed E-state index contributed by atoms with van der Waals surface area (Å²) < 4.78 is 35.3. The van der Waals surface area contributed by atoms with E-state index in [2.05, 4.69) is 30.2 Å². The summed E-state index contributed by atoms with van der Waals surface area (Å²) in [5.41, 5.74) is 0. The monoisotopic (exact) mass is 432 g/mol. The fourth-order valence-corrected chi connectivity index (χ4v) is 3.98. The molecular formula is C24H48O4S. The van der Waals surface area contributed by atoms with E-state index in [1.165, 1.54) is 96.3 Å². The highest BCUT2D eigenvalue weighted by Gasteiger charge is 2.11. The first-order chi connectivity index (χ1) is 14.0. The molecule has 0 aliphatic heterocycles. The SMILES string of the molecule is CCCCCCCCCC/C=C/C(CCCCCCCCCC)COS(=O)(=O)O. The molecule has 0 spiro atoms. The lowest BCUT2D eigenvalue weighted by Crippen LogP contribution is -2.12. The van der Waals surface area contributed by atoms with Crippen molar-refractivity contribution in [3.8, 4) is 0 Å². The molecule has 0 amide bonds. The maximum atomic E-state index is 10.9. The molecule has 0 saturated heterocycles. The highest BCUT2D eigenvalue weighted by molar-refractivity contribution is 7.80. The number of rotatable bonds is 22. The molecule has 0 aliphatic carbocycles. The lowest BCUT2D eigenvalue weighted by Gasteiger charge is -2.12. The number of hydrogen-bond acceptors (Lipinski definition) is 3. The van der Waals surface area contributed by atoms with Crippen molar-refractivity contribution in [1.82, 2.24) is 0 Å². The first kappa shape index (κ1) is 28.6. The Morgan fingerprint density at radius 1 is 0.724 bits per heavy atom. The van der Waals surface area contributed by atoms with Crippen LogP contribution in [0.25, 0.3) is 0 Å². The highest BCUT2D eigenvalue weighted by atomic mass is 32.3. The summed E-state index contributed by atoms with van der Waals surface area (Å²) in [6, 6.07) is 0. The first-order valence-electron chi connectivity index (χ1n) is 12.3. The van der Waals surface area contributed by atoms with Gasteiger partial charge >= 0.3 is 10.4 Å². The van der Waals surface area contributed by atoms with Crippen molar-refractivity contribution in [2.45, 2.75) is 129 Å². The Balaban J connectivity index is 3.93. The van der Waals surface area contributed by atoms with Crippen molar-refractivity contribution in [2.75, 3.05) is 6.61 Å². The van der Waals surface area contributed by atoms with E-state index < -0.39 is 10.4 Å². The lowest BCUT2D eigenvalue weighted by molar-refractivity contribution is 0.234. The quantitative estimate of drug-likeness (QED) is 0.107. The molecule has 0 rings (SSSR count). The van der Waals surface area contributed by atoms with Crippen molar-refractivity contribution in [3.63, 3.8) is 0 Å². The Morgan fingerprint density at radius 3 is 1.66 bits per heavy atom. The molecule has 1 N–H and O–H groups in total. The van der Waals surface area contributed by atoms with E-state index in [4.69, 9.17) is 4.55 Å². The van der Waals surface area contributed by atoms with E-state index in [1.54, 1.807) is 0 Å². The van der Waals surface area contributed by atoms with Gasteiger partial charge in [-0.15, -0.1) is 0 Å². The zero-order valence-corrected chi connectivity index (χ0v) is 20.1. The van der Waals surface area contributed by atoms with Gasteiger partial charge in [-0.1, -0.05) is 122 Å². The Bertz CT molecular complexity index is 460. The Kier molecular flexibility index (Phi) is 20.6. The van der Waals surface area contributed by atoms with Crippen molar-refractivity contribution in [1.29, 1.82) is 0 Å².